The molecular formula is C13H12F2N2O4S. The second kappa shape index (κ2) is 5.85. The fourth-order valence-corrected chi connectivity index (χ4v) is 2.33. The van der Waals surface area contributed by atoms with Crippen LogP contribution in [0.4, 0.5) is 14.5 Å². The predicted octanol–water partition coefficient (Wildman–Crippen LogP) is 2.06. The Bertz CT molecular complexity index is 815. The number of carbonyl (C=O) groups is 1. The summed E-state index contributed by atoms with van der Waals surface area (Å²) < 4.78 is 56.0. The van der Waals surface area contributed by atoms with E-state index in [0.717, 1.165) is 34.6 Å². The van der Waals surface area contributed by atoms with E-state index in [-0.39, 0.29) is 11.4 Å². The van der Waals surface area contributed by atoms with Crippen LogP contribution in [0.1, 0.15) is 10.6 Å². The minimum absolute atomic E-state index is 0.343. The largest absolute Gasteiger partial charge is 0.438 e. The maximum absolute atomic E-state index is 13.4. The number of anilines is 1. The molecule has 0 radical (unpaired) electrons. The first-order valence-electron chi connectivity index (χ1n) is 6.00. The SMILES string of the molecule is CN(C)S(=O)(=O)c1ccc(C(=O)Nc2cc(F)ccc2F)o1. The van der Waals surface area contributed by atoms with Crippen LogP contribution >= 0.6 is 0 Å². The number of rotatable bonds is 4. The molecule has 118 valence electrons. The summed E-state index contributed by atoms with van der Waals surface area (Å²) in [7, 11) is -1.21. The van der Waals surface area contributed by atoms with Gasteiger partial charge in [-0.05, 0) is 24.3 Å². The topological polar surface area (TPSA) is 79.6 Å². The molecule has 1 heterocycles. The molecule has 6 nitrogen and oxygen atoms in total. The zero-order valence-electron chi connectivity index (χ0n) is 11.6. The van der Waals surface area contributed by atoms with Gasteiger partial charge in [0, 0.05) is 20.2 Å². The van der Waals surface area contributed by atoms with E-state index >= 15 is 0 Å². The summed E-state index contributed by atoms with van der Waals surface area (Å²) in [6.07, 6.45) is 0. The standard InChI is InChI=1S/C13H12F2N2O4S/c1-17(2)22(19,20)12-6-5-11(21-12)13(18)16-10-7-8(14)3-4-9(10)15/h3-7H,1-2H3,(H,16,18). The first-order chi connectivity index (χ1) is 10.2. The molecule has 22 heavy (non-hydrogen) atoms. The summed E-state index contributed by atoms with van der Waals surface area (Å²) in [5.41, 5.74) is -0.376. The number of sulfonamides is 1. The summed E-state index contributed by atoms with van der Waals surface area (Å²) in [4.78, 5) is 11.9. The van der Waals surface area contributed by atoms with Gasteiger partial charge in [-0.2, -0.15) is 0 Å². The molecule has 0 saturated carbocycles. The van der Waals surface area contributed by atoms with E-state index in [1.807, 2.05) is 0 Å². The van der Waals surface area contributed by atoms with E-state index in [2.05, 4.69) is 5.32 Å². The van der Waals surface area contributed by atoms with Gasteiger partial charge >= 0.3 is 0 Å². The number of amides is 1. The fourth-order valence-electron chi connectivity index (χ4n) is 1.54. The number of furan rings is 1. The van der Waals surface area contributed by atoms with Gasteiger partial charge in [-0.25, -0.2) is 21.5 Å². The van der Waals surface area contributed by atoms with Crippen molar-refractivity contribution < 1.29 is 26.4 Å². The average Bonchev–Trinajstić information content (AvgIpc) is 2.93. The summed E-state index contributed by atoms with van der Waals surface area (Å²) in [6, 6.07) is 4.79. The van der Waals surface area contributed by atoms with Gasteiger partial charge in [0.05, 0.1) is 5.69 Å². The predicted molar refractivity (Wildman–Crippen MR) is 73.9 cm³/mol. The van der Waals surface area contributed by atoms with Gasteiger partial charge in [0.2, 0.25) is 5.09 Å². The van der Waals surface area contributed by atoms with Crippen molar-refractivity contribution in [1.29, 1.82) is 0 Å². The lowest BCUT2D eigenvalue weighted by molar-refractivity contribution is 0.0991. The second-order valence-electron chi connectivity index (χ2n) is 4.48. The highest BCUT2D eigenvalue weighted by Crippen LogP contribution is 2.20. The number of hydrogen-bond acceptors (Lipinski definition) is 4. The number of halogens is 2. The molecule has 1 aromatic carbocycles. The van der Waals surface area contributed by atoms with Crippen molar-refractivity contribution in [2.75, 3.05) is 19.4 Å². The second-order valence-corrected chi connectivity index (χ2v) is 6.57. The molecule has 1 N–H and O–H groups in total. The third kappa shape index (κ3) is 3.15. The van der Waals surface area contributed by atoms with Gasteiger partial charge in [0.15, 0.2) is 5.76 Å². The third-order valence-electron chi connectivity index (χ3n) is 2.72. The molecule has 9 heteroatoms. The molecular weight excluding hydrogens is 318 g/mol. The van der Waals surface area contributed by atoms with Gasteiger partial charge in [0.25, 0.3) is 15.9 Å². The van der Waals surface area contributed by atoms with Crippen molar-refractivity contribution in [2.45, 2.75) is 5.09 Å². The van der Waals surface area contributed by atoms with Crippen LogP contribution in [0.3, 0.4) is 0 Å². The lowest BCUT2D eigenvalue weighted by Gasteiger charge is -2.08. The average molecular weight is 330 g/mol. The van der Waals surface area contributed by atoms with Crippen LogP contribution in [0.2, 0.25) is 0 Å². The lowest BCUT2D eigenvalue weighted by atomic mass is 10.3. The molecule has 0 atom stereocenters. The van der Waals surface area contributed by atoms with Gasteiger partial charge in [-0.1, -0.05) is 0 Å². The molecule has 0 aliphatic rings. The minimum atomic E-state index is -3.82. The van der Waals surface area contributed by atoms with Gasteiger partial charge in [-0.3, -0.25) is 4.79 Å². The minimum Gasteiger partial charge on any atom is -0.438 e. The van der Waals surface area contributed by atoms with E-state index in [4.69, 9.17) is 4.42 Å². The van der Waals surface area contributed by atoms with Crippen LogP contribution in [0.25, 0.3) is 0 Å². The Labute approximate surface area is 125 Å². The molecule has 0 spiro atoms. The van der Waals surface area contributed by atoms with Crippen LogP contribution in [-0.4, -0.2) is 32.7 Å². The van der Waals surface area contributed by atoms with Crippen molar-refractivity contribution >= 4 is 21.6 Å². The summed E-state index contributed by atoms with van der Waals surface area (Å²) in [6.45, 7) is 0. The Morgan fingerprint density at radius 2 is 1.86 bits per heavy atom. The molecule has 2 rings (SSSR count). The number of nitrogens with zero attached hydrogens (tertiary/aromatic N) is 1. The van der Waals surface area contributed by atoms with Crippen LogP contribution in [0, 0.1) is 11.6 Å². The number of hydrogen-bond donors (Lipinski definition) is 1. The van der Waals surface area contributed by atoms with Gasteiger partial charge in [0.1, 0.15) is 11.6 Å². The molecule has 1 aromatic heterocycles. The molecule has 0 bridgehead atoms. The normalized spacial score (nSPS) is 11.7. The highest BCUT2D eigenvalue weighted by molar-refractivity contribution is 7.88. The number of carbonyl (C=O) groups excluding carboxylic acids is 1. The molecule has 0 unspecified atom stereocenters. The van der Waals surface area contributed by atoms with Crippen molar-refractivity contribution in [1.82, 2.24) is 4.31 Å². The van der Waals surface area contributed by atoms with Crippen molar-refractivity contribution in [2.24, 2.45) is 0 Å². The highest BCUT2D eigenvalue weighted by Gasteiger charge is 2.23. The van der Waals surface area contributed by atoms with E-state index in [1.165, 1.54) is 14.1 Å². The quantitative estimate of drug-likeness (QED) is 0.930. The maximum Gasteiger partial charge on any atom is 0.291 e. The smallest absolute Gasteiger partial charge is 0.291 e. The van der Waals surface area contributed by atoms with Crippen LogP contribution in [0.15, 0.2) is 39.8 Å². The van der Waals surface area contributed by atoms with Crippen LogP contribution < -0.4 is 5.32 Å². The van der Waals surface area contributed by atoms with E-state index in [9.17, 15) is 22.0 Å². The van der Waals surface area contributed by atoms with Crippen molar-refractivity contribution in [3.63, 3.8) is 0 Å². The van der Waals surface area contributed by atoms with Crippen LogP contribution in [-0.2, 0) is 10.0 Å². The van der Waals surface area contributed by atoms with E-state index < -0.39 is 32.7 Å². The number of benzene rings is 1. The Morgan fingerprint density at radius 3 is 2.50 bits per heavy atom. The molecule has 1 amide bonds. The summed E-state index contributed by atoms with van der Waals surface area (Å²) in [5, 5.41) is 1.68. The molecule has 0 fully saturated rings. The zero-order chi connectivity index (χ0) is 16.5. The zero-order valence-corrected chi connectivity index (χ0v) is 12.4. The summed E-state index contributed by atoms with van der Waals surface area (Å²) >= 11 is 0. The Kier molecular flexibility index (Phi) is 4.29. The lowest BCUT2D eigenvalue weighted by Crippen LogP contribution is -2.21. The van der Waals surface area contributed by atoms with E-state index in [0.29, 0.717) is 0 Å². The van der Waals surface area contributed by atoms with E-state index in [1.54, 1.807) is 0 Å². The molecule has 0 aliphatic heterocycles. The Morgan fingerprint density at radius 1 is 1.18 bits per heavy atom. The summed E-state index contributed by atoms with van der Waals surface area (Å²) in [5.74, 6) is -2.80. The fraction of sp³-hybridized carbons (Fsp3) is 0.154. The van der Waals surface area contributed by atoms with Crippen molar-refractivity contribution in [3.05, 3.63) is 47.7 Å². The maximum atomic E-state index is 13.4. The highest BCUT2D eigenvalue weighted by atomic mass is 32.2. The third-order valence-corrected chi connectivity index (χ3v) is 4.41. The van der Waals surface area contributed by atoms with Crippen LogP contribution in [0.5, 0.6) is 0 Å². The van der Waals surface area contributed by atoms with Gasteiger partial charge < -0.3 is 9.73 Å². The first-order valence-corrected chi connectivity index (χ1v) is 7.44. The number of nitrogens with one attached hydrogen (secondary N) is 1. The Hall–Kier alpha value is -2.26. The first kappa shape index (κ1) is 16.1. The monoisotopic (exact) mass is 330 g/mol. The molecule has 0 aliphatic carbocycles. The van der Waals surface area contributed by atoms with Gasteiger partial charge in [-0.15, -0.1) is 0 Å². The van der Waals surface area contributed by atoms with Crippen molar-refractivity contribution in [3.8, 4) is 0 Å². The molecule has 0 saturated heterocycles. The Balaban J connectivity index is 2.25. The molecule has 2 aromatic rings.